The van der Waals surface area contributed by atoms with Gasteiger partial charge in [0.25, 0.3) is 0 Å². The molecule has 0 radical (unpaired) electrons. The van der Waals surface area contributed by atoms with Crippen molar-refractivity contribution in [3.8, 4) is 0 Å². The van der Waals surface area contributed by atoms with Crippen LogP contribution >= 0.6 is 0 Å². The molecule has 1 unspecified atom stereocenters. The molecule has 0 aromatic carbocycles. The lowest BCUT2D eigenvalue weighted by molar-refractivity contribution is -0.468. The molecule has 40 heavy (non-hydrogen) atoms. The predicted octanol–water partition coefficient (Wildman–Crippen LogP) is 7.11. The summed E-state index contributed by atoms with van der Waals surface area (Å²) in [5, 5.41) is 0. The Hall–Kier alpha value is -1.37. The molecular formula is C15H13F21O3Si. The van der Waals surface area contributed by atoms with Crippen LogP contribution in [0.2, 0.25) is 0 Å². The van der Waals surface area contributed by atoms with E-state index in [4.69, 9.17) is 0 Å². The predicted molar refractivity (Wildman–Crippen MR) is 86.8 cm³/mol. The Labute approximate surface area is 208 Å². The summed E-state index contributed by atoms with van der Waals surface area (Å²) in [6.45, 7) is -0.796. The van der Waals surface area contributed by atoms with Gasteiger partial charge in [-0.2, -0.15) is 87.8 Å². The van der Waals surface area contributed by atoms with Crippen molar-refractivity contribution < 1.29 is 105 Å². The van der Waals surface area contributed by atoms with Crippen LogP contribution in [-0.2, 0) is 13.3 Å². The summed E-state index contributed by atoms with van der Waals surface area (Å²) in [7, 11) is -7.15. The van der Waals surface area contributed by atoms with Crippen molar-refractivity contribution in [3.05, 3.63) is 0 Å². The molecule has 0 saturated carbocycles. The molecule has 0 amide bonds. The van der Waals surface area contributed by atoms with Crippen molar-refractivity contribution in [1.82, 2.24) is 0 Å². The van der Waals surface area contributed by atoms with Crippen molar-refractivity contribution in [2.24, 2.45) is 0 Å². The van der Waals surface area contributed by atoms with Crippen molar-refractivity contribution in [2.75, 3.05) is 21.3 Å². The SMILES string of the molecule is CO[Si](OC)(OC)C(F)(F)C(F)(F)C(F)(F)C(F)(F)C(F)(F)C(F)(F)C(F)(F)C(F)(F)C(F)(F)C(F)(F)C(C)F. The maximum Gasteiger partial charge on any atom is 0.581 e. The summed E-state index contributed by atoms with van der Waals surface area (Å²) in [4.78, 5) is 0. The largest absolute Gasteiger partial charge is 0.581 e. The fourth-order valence-corrected chi connectivity index (χ4v) is 4.48. The first-order valence-corrected chi connectivity index (χ1v) is 10.9. The van der Waals surface area contributed by atoms with E-state index in [-0.39, 0.29) is 21.3 Å². The summed E-state index contributed by atoms with van der Waals surface area (Å²) in [5.74, 6) is -77.6. The quantitative estimate of drug-likeness (QED) is 0.146. The molecule has 0 bridgehead atoms. The number of rotatable bonds is 14. The van der Waals surface area contributed by atoms with E-state index in [1.54, 1.807) is 0 Å². The number of hydrogen-bond acceptors (Lipinski definition) is 3. The third kappa shape index (κ3) is 4.33. The van der Waals surface area contributed by atoms with Gasteiger partial charge in [0, 0.05) is 21.3 Å². The summed E-state index contributed by atoms with van der Waals surface area (Å²) >= 11 is 0. The first kappa shape index (κ1) is 38.6. The van der Waals surface area contributed by atoms with Gasteiger partial charge in [-0.25, -0.2) is 4.39 Å². The molecule has 1 atom stereocenters. The second-order valence-electron chi connectivity index (χ2n) is 7.58. The Morgan fingerprint density at radius 1 is 0.400 bits per heavy atom. The van der Waals surface area contributed by atoms with Crippen LogP contribution < -0.4 is 0 Å². The molecule has 25 heteroatoms. The summed E-state index contributed by atoms with van der Waals surface area (Å²) < 4.78 is 298. The Morgan fingerprint density at radius 3 is 0.800 bits per heavy atom. The normalized spacial score (nSPS) is 17.3. The summed E-state index contributed by atoms with van der Waals surface area (Å²) in [6.07, 6.45) is -4.70. The van der Waals surface area contributed by atoms with Gasteiger partial charge in [-0.3, -0.25) is 0 Å². The lowest BCUT2D eigenvalue weighted by atomic mass is 9.86. The van der Waals surface area contributed by atoms with Gasteiger partial charge in [-0.05, 0) is 6.92 Å². The highest BCUT2D eigenvalue weighted by Crippen LogP contribution is 2.66. The molecule has 0 fully saturated rings. The maximum absolute atomic E-state index is 14.2. The van der Waals surface area contributed by atoms with E-state index in [0.717, 1.165) is 0 Å². The Kier molecular flexibility index (Phi) is 9.77. The van der Waals surface area contributed by atoms with Gasteiger partial charge < -0.3 is 13.3 Å². The molecule has 0 aliphatic rings. The monoisotopic (exact) mass is 668 g/mol. The Bertz CT molecular complexity index is 889. The highest BCUT2D eigenvalue weighted by atomic mass is 28.4. The van der Waals surface area contributed by atoms with Crippen LogP contribution in [0.15, 0.2) is 0 Å². The third-order valence-corrected chi connectivity index (χ3v) is 7.96. The number of halogens is 21. The van der Waals surface area contributed by atoms with E-state index in [2.05, 4.69) is 13.3 Å². The second kappa shape index (κ2) is 10.1. The van der Waals surface area contributed by atoms with Gasteiger partial charge >= 0.3 is 67.7 Å². The lowest BCUT2D eigenvalue weighted by Gasteiger charge is -2.46. The van der Waals surface area contributed by atoms with Gasteiger partial charge in [0.15, 0.2) is 6.17 Å². The first-order valence-electron chi connectivity index (χ1n) is 9.20. The van der Waals surface area contributed by atoms with Crippen molar-refractivity contribution in [1.29, 1.82) is 0 Å². The van der Waals surface area contributed by atoms with Gasteiger partial charge in [0.2, 0.25) is 0 Å². The smallest absolute Gasteiger partial charge is 0.373 e. The lowest BCUT2D eigenvalue weighted by Crippen LogP contribution is -2.79. The van der Waals surface area contributed by atoms with Gasteiger partial charge in [0.05, 0.1) is 0 Å². The van der Waals surface area contributed by atoms with Crippen LogP contribution in [0.4, 0.5) is 92.2 Å². The van der Waals surface area contributed by atoms with Crippen molar-refractivity contribution in [2.45, 2.75) is 71.9 Å². The van der Waals surface area contributed by atoms with E-state index < -0.39 is 80.7 Å². The van der Waals surface area contributed by atoms with Crippen LogP contribution in [0.1, 0.15) is 6.92 Å². The zero-order valence-corrected chi connectivity index (χ0v) is 20.2. The van der Waals surface area contributed by atoms with Crippen LogP contribution in [0, 0.1) is 0 Å². The highest BCUT2D eigenvalue weighted by Gasteiger charge is 2.99. The zero-order chi connectivity index (χ0) is 33.2. The molecule has 0 heterocycles. The van der Waals surface area contributed by atoms with Gasteiger partial charge in [0.1, 0.15) is 0 Å². The number of alkyl halides is 21. The molecule has 0 aromatic rings. The summed E-state index contributed by atoms with van der Waals surface area (Å²) in [5.41, 5.74) is -7.09. The van der Waals surface area contributed by atoms with Crippen molar-refractivity contribution >= 4 is 8.80 Å². The van der Waals surface area contributed by atoms with E-state index in [0.29, 0.717) is 0 Å². The average Bonchev–Trinajstić information content (AvgIpc) is 2.78. The van der Waals surface area contributed by atoms with Crippen molar-refractivity contribution in [3.63, 3.8) is 0 Å². The third-order valence-electron chi connectivity index (χ3n) is 5.26. The standard InChI is InChI=1S/C15H13F21O3Si/c1-5(16)6(17,18)7(19,20)8(21,22)9(23,24)10(25,26)11(27,28)12(29,30)13(31,32)14(33,34)15(35,36)40(37-2,38-3)39-4/h5H,1-4H3. The fourth-order valence-electron chi connectivity index (χ4n) is 2.67. The molecule has 0 rings (SSSR count). The molecule has 0 aliphatic heterocycles. The van der Waals surface area contributed by atoms with E-state index in [1.807, 2.05) is 0 Å². The fraction of sp³-hybridized carbons (Fsp3) is 1.00. The van der Waals surface area contributed by atoms with Crippen LogP contribution in [-0.4, -0.2) is 95.2 Å². The van der Waals surface area contributed by atoms with Gasteiger partial charge in [-0.1, -0.05) is 0 Å². The molecule has 0 aliphatic carbocycles. The van der Waals surface area contributed by atoms with Crippen LogP contribution in [0.25, 0.3) is 0 Å². The molecule has 3 nitrogen and oxygen atoms in total. The van der Waals surface area contributed by atoms with E-state index in [1.165, 1.54) is 0 Å². The average molecular weight is 668 g/mol. The molecule has 0 N–H and O–H groups in total. The molecular weight excluding hydrogens is 655 g/mol. The molecule has 0 saturated heterocycles. The molecule has 242 valence electrons. The topological polar surface area (TPSA) is 27.7 Å². The second-order valence-corrected chi connectivity index (χ2v) is 10.5. The Morgan fingerprint density at radius 2 is 0.600 bits per heavy atom. The maximum atomic E-state index is 14.2. The van der Waals surface area contributed by atoms with Gasteiger partial charge in [-0.15, -0.1) is 0 Å². The van der Waals surface area contributed by atoms with Crippen LogP contribution in [0.5, 0.6) is 0 Å². The molecule has 0 aromatic heterocycles. The zero-order valence-electron chi connectivity index (χ0n) is 19.2. The minimum absolute atomic E-state index is 0.112. The summed E-state index contributed by atoms with van der Waals surface area (Å²) in [6, 6.07) is 0. The first-order chi connectivity index (χ1) is 17.1. The Balaban J connectivity index is 7.35. The minimum Gasteiger partial charge on any atom is -0.373 e. The van der Waals surface area contributed by atoms with Crippen LogP contribution in [0.3, 0.4) is 0 Å². The minimum atomic E-state index is -9.20. The molecule has 0 spiro atoms. The van der Waals surface area contributed by atoms with E-state index in [9.17, 15) is 92.2 Å². The highest BCUT2D eigenvalue weighted by molar-refractivity contribution is 6.63. The number of hydrogen-bond donors (Lipinski definition) is 0. The van der Waals surface area contributed by atoms with E-state index >= 15 is 0 Å².